The molecule has 42 heavy (non-hydrogen) atoms. The number of rotatable bonds is 8. The second-order valence-corrected chi connectivity index (χ2v) is 13.0. The van der Waals surface area contributed by atoms with Crippen molar-refractivity contribution in [3.05, 3.63) is 23.8 Å². The minimum Gasteiger partial charge on any atom is -0.490 e. The minimum atomic E-state index is -0.403. The number of carbonyl (C=O) groups excluding carboxylic acids is 2. The van der Waals surface area contributed by atoms with Gasteiger partial charge in [-0.25, -0.2) is 4.79 Å². The molecule has 1 aromatic rings. The predicted molar refractivity (Wildman–Crippen MR) is 168 cm³/mol. The summed E-state index contributed by atoms with van der Waals surface area (Å²) in [5.74, 6) is 1.04. The minimum absolute atomic E-state index is 0.0209. The molecule has 3 amide bonds. The summed E-state index contributed by atoms with van der Waals surface area (Å²) in [6.07, 6.45) is 9.23. The Morgan fingerprint density at radius 3 is 2.48 bits per heavy atom. The SMILES string of the molecule is CC(C)NC(=O)Nc1ccc2c(c1)C(=O)N([C@@H](C)CO)C[C@@H](C)[C@@H](CN(C)CC1CCCCC1)OCCCC[C@@H](C)O2. The zero-order valence-electron chi connectivity index (χ0n) is 26.9. The lowest BCUT2D eigenvalue weighted by molar-refractivity contribution is -0.0190. The Kier molecular flexibility index (Phi) is 13.9. The van der Waals surface area contributed by atoms with Crippen LogP contribution in [-0.4, -0.2) is 91.0 Å². The largest absolute Gasteiger partial charge is 0.490 e. The Balaban J connectivity index is 1.87. The van der Waals surface area contributed by atoms with E-state index < -0.39 is 6.04 Å². The van der Waals surface area contributed by atoms with Crippen molar-refractivity contribution in [3.63, 3.8) is 0 Å². The molecule has 0 unspecified atom stereocenters. The van der Waals surface area contributed by atoms with Crippen LogP contribution in [0.1, 0.15) is 96.3 Å². The van der Waals surface area contributed by atoms with Gasteiger partial charge in [-0.2, -0.15) is 0 Å². The van der Waals surface area contributed by atoms with Crippen LogP contribution in [0.2, 0.25) is 0 Å². The second kappa shape index (κ2) is 17.1. The lowest BCUT2D eigenvalue weighted by atomic mass is 9.89. The van der Waals surface area contributed by atoms with Crippen molar-refractivity contribution in [2.45, 2.75) is 110 Å². The maximum atomic E-state index is 14.2. The molecule has 238 valence electrons. The van der Waals surface area contributed by atoms with Crippen LogP contribution in [-0.2, 0) is 4.74 Å². The first-order valence-corrected chi connectivity index (χ1v) is 16.2. The zero-order chi connectivity index (χ0) is 30.6. The van der Waals surface area contributed by atoms with E-state index in [4.69, 9.17) is 9.47 Å². The lowest BCUT2D eigenvalue weighted by Gasteiger charge is -2.36. The number of urea groups is 1. The van der Waals surface area contributed by atoms with Gasteiger partial charge in [-0.05, 0) is 91.0 Å². The van der Waals surface area contributed by atoms with E-state index >= 15 is 0 Å². The normalized spacial score (nSPS) is 24.1. The quantitative estimate of drug-likeness (QED) is 0.369. The van der Waals surface area contributed by atoms with Gasteiger partial charge in [-0.15, -0.1) is 0 Å². The van der Waals surface area contributed by atoms with Gasteiger partial charge in [0.25, 0.3) is 5.91 Å². The molecule has 0 spiro atoms. The number of hydrogen-bond donors (Lipinski definition) is 3. The first kappa shape index (κ1) is 34.1. The second-order valence-electron chi connectivity index (χ2n) is 13.0. The molecule has 1 aliphatic heterocycles. The summed E-state index contributed by atoms with van der Waals surface area (Å²) in [5, 5.41) is 15.8. The predicted octanol–water partition coefficient (Wildman–Crippen LogP) is 5.52. The fourth-order valence-corrected chi connectivity index (χ4v) is 6.08. The van der Waals surface area contributed by atoms with E-state index in [1.54, 1.807) is 23.1 Å². The third-order valence-electron chi connectivity index (χ3n) is 8.52. The topological polar surface area (TPSA) is 103 Å². The van der Waals surface area contributed by atoms with Gasteiger partial charge in [0.15, 0.2) is 0 Å². The number of aliphatic hydroxyl groups excluding tert-OH is 1. The van der Waals surface area contributed by atoms with Crippen molar-refractivity contribution in [1.29, 1.82) is 0 Å². The highest BCUT2D eigenvalue weighted by molar-refractivity contribution is 5.99. The number of carbonyl (C=O) groups is 2. The van der Waals surface area contributed by atoms with Crippen molar-refractivity contribution in [1.82, 2.24) is 15.1 Å². The van der Waals surface area contributed by atoms with E-state index in [0.29, 0.717) is 30.2 Å². The molecule has 3 rings (SSSR count). The summed E-state index contributed by atoms with van der Waals surface area (Å²) in [6.45, 7) is 12.6. The number of amides is 3. The maximum absolute atomic E-state index is 14.2. The monoisotopic (exact) mass is 588 g/mol. The number of benzene rings is 1. The first-order valence-electron chi connectivity index (χ1n) is 16.2. The number of aliphatic hydroxyl groups is 1. The van der Waals surface area contributed by atoms with Crippen LogP contribution in [0.25, 0.3) is 0 Å². The lowest BCUT2D eigenvalue weighted by Crippen LogP contribution is -2.47. The molecule has 1 heterocycles. The van der Waals surface area contributed by atoms with Crippen LogP contribution in [0.15, 0.2) is 18.2 Å². The molecule has 1 aliphatic carbocycles. The Morgan fingerprint density at radius 1 is 1.07 bits per heavy atom. The number of likely N-dealkylation sites (N-methyl/N-ethyl adjacent to an activating group) is 1. The van der Waals surface area contributed by atoms with Crippen LogP contribution in [0.3, 0.4) is 0 Å². The third kappa shape index (κ3) is 10.7. The summed E-state index contributed by atoms with van der Waals surface area (Å²) >= 11 is 0. The molecule has 0 radical (unpaired) electrons. The molecular weight excluding hydrogens is 532 g/mol. The van der Waals surface area contributed by atoms with Gasteiger partial charge in [0.1, 0.15) is 5.75 Å². The molecule has 4 atom stereocenters. The molecule has 1 saturated carbocycles. The van der Waals surface area contributed by atoms with E-state index in [9.17, 15) is 14.7 Å². The molecule has 0 saturated heterocycles. The molecule has 3 N–H and O–H groups in total. The van der Waals surface area contributed by atoms with Crippen LogP contribution >= 0.6 is 0 Å². The Hall–Kier alpha value is -2.36. The standard InChI is InChI=1S/C33H56N4O5/c1-23(2)34-33(40)35-28-15-16-30-29(18-28)32(39)37(25(4)22-38)19-24(3)31(41-17-11-10-12-26(5)42-30)21-36(6)20-27-13-8-7-9-14-27/h15-16,18,23-27,31,38H,7-14,17,19-22H2,1-6H3,(H2,34,35,40)/t24-,25+,26-,31-/m1/s1. The third-order valence-corrected chi connectivity index (χ3v) is 8.52. The van der Waals surface area contributed by atoms with Gasteiger partial charge in [-0.1, -0.05) is 26.2 Å². The number of nitrogens with one attached hydrogen (secondary N) is 2. The average Bonchev–Trinajstić information content (AvgIpc) is 2.94. The number of fused-ring (bicyclic) bond motifs is 1. The summed E-state index contributed by atoms with van der Waals surface area (Å²) < 4.78 is 12.8. The highest BCUT2D eigenvalue weighted by atomic mass is 16.5. The zero-order valence-corrected chi connectivity index (χ0v) is 26.9. The van der Waals surface area contributed by atoms with Crippen LogP contribution in [0.5, 0.6) is 5.75 Å². The van der Waals surface area contributed by atoms with E-state index in [1.165, 1.54) is 32.1 Å². The van der Waals surface area contributed by atoms with Crippen LogP contribution in [0, 0.1) is 11.8 Å². The molecular formula is C33H56N4O5. The highest BCUT2D eigenvalue weighted by Gasteiger charge is 2.31. The van der Waals surface area contributed by atoms with Gasteiger partial charge in [0.2, 0.25) is 0 Å². The maximum Gasteiger partial charge on any atom is 0.319 e. The summed E-state index contributed by atoms with van der Waals surface area (Å²) in [4.78, 5) is 30.8. The Morgan fingerprint density at radius 2 is 1.79 bits per heavy atom. The van der Waals surface area contributed by atoms with Gasteiger partial charge in [0, 0.05) is 43.9 Å². The summed E-state index contributed by atoms with van der Waals surface area (Å²) in [6, 6.07) is 4.45. The van der Waals surface area contributed by atoms with Gasteiger partial charge >= 0.3 is 6.03 Å². The number of hydrogen-bond acceptors (Lipinski definition) is 6. The molecule has 2 aliphatic rings. The molecule has 9 nitrogen and oxygen atoms in total. The van der Waals surface area contributed by atoms with E-state index in [0.717, 1.165) is 38.3 Å². The molecule has 1 fully saturated rings. The van der Waals surface area contributed by atoms with E-state index in [-0.39, 0.29) is 42.7 Å². The highest BCUT2D eigenvalue weighted by Crippen LogP contribution is 2.29. The Labute approximate surface area is 253 Å². The van der Waals surface area contributed by atoms with Gasteiger partial charge in [0.05, 0.1) is 30.4 Å². The van der Waals surface area contributed by atoms with Crippen molar-refractivity contribution < 1.29 is 24.2 Å². The smallest absolute Gasteiger partial charge is 0.319 e. The molecule has 0 bridgehead atoms. The number of anilines is 1. The summed E-state index contributed by atoms with van der Waals surface area (Å²) in [7, 11) is 2.19. The van der Waals surface area contributed by atoms with Gasteiger partial charge in [-0.3, -0.25) is 4.79 Å². The van der Waals surface area contributed by atoms with Crippen LogP contribution < -0.4 is 15.4 Å². The fraction of sp³-hybridized carbons (Fsp3) is 0.758. The summed E-state index contributed by atoms with van der Waals surface area (Å²) in [5.41, 5.74) is 0.883. The van der Waals surface area contributed by atoms with Crippen LogP contribution in [0.4, 0.5) is 10.5 Å². The van der Waals surface area contributed by atoms with Crippen molar-refractivity contribution in [2.24, 2.45) is 11.8 Å². The van der Waals surface area contributed by atoms with E-state index in [1.807, 2.05) is 27.7 Å². The fourth-order valence-electron chi connectivity index (χ4n) is 6.08. The molecule has 0 aromatic heterocycles. The van der Waals surface area contributed by atoms with Crippen molar-refractivity contribution >= 4 is 17.6 Å². The van der Waals surface area contributed by atoms with Gasteiger partial charge < -0.3 is 35.0 Å². The molecule has 9 heteroatoms. The number of ether oxygens (including phenoxy) is 2. The first-order chi connectivity index (χ1) is 20.1. The van der Waals surface area contributed by atoms with Crippen molar-refractivity contribution in [3.8, 4) is 5.75 Å². The van der Waals surface area contributed by atoms with E-state index in [2.05, 4.69) is 29.5 Å². The number of nitrogens with zero attached hydrogens (tertiary/aromatic N) is 2. The average molecular weight is 589 g/mol. The molecule has 1 aromatic carbocycles. The van der Waals surface area contributed by atoms with Crippen molar-refractivity contribution in [2.75, 3.05) is 45.2 Å². The Bertz CT molecular complexity index is 983.